The minimum absolute atomic E-state index is 0.0509. The average molecular weight is 539 g/mol. The summed E-state index contributed by atoms with van der Waals surface area (Å²) < 4.78 is 0. The predicted molar refractivity (Wildman–Crippen MR) is 137 cm³/mol. The van der Waals surface area contributed by atoms with Crippen molar-refractivity contribution in [3.05, 3.63) is 18.2 Å². The zero-order valence-electron chi connectivity index (χ0n) is 21.5. The first kappa shape index (κ1) is 31.8. The van der Waals surface area contributed by atoms with E-state index in [9.17, 15) is 29.1 Å². The van der Waals surface area contributed by atoms with E-state index in [1.54, 1.807) is 0 Å². The summed E-state index contributed by atoms with van der Waals surface area (Å²) in [6.45, 7) is 3.81. The number of aromatic nitrogens is 2. The molecule has 0 fully saturated rings. The third-order valence-corrected chi connectivity index (χ3v) is 5.27. The Morgan fingerprint density at radius 3 is 2.13 bits per heavy atom. The van der Waals surface area contributed by atoms with E-state index < -0.39 is 60.2 Å². The van der Waals surface area contributed by atoms with Crippen molar-refractivity contribution in [2.24, 2.45) is 33.8 Å². The highest BCUT2D eigenvalue weighted by molar-refractivity contribution is 5.95. The molecule has 4 amide bonds. The molecule has 0 saturated carbocycles. The van der Waals surface area contributed by atoms with Crippen LogP contribution in [0.2, 0.25) is 0 Å². The Hall–Kier alpha value is -4.21. The van der Waals surface area contributed by atoms with Gasteiger partial charge in [0.15, 0.2) is 5.96 Å². The second kappa shape index (κ2) is 15.8. The molecule has 4 unspecified atom stereocenters. The van der Waals surface area contributed by atoms with Crippen LogP contribution in [0.1, 0.15) is 45.2 Å². The highest BCUT2D eigenvalue weighted by atomic mass is 16.4. The fourth-order valence-electron chi connectivity index (χ4n) is 3.42. The van der Waals surface area contributed by atoms with Crippen molar-refractivity contribution < 1.29 is 29.1 Å². The lowest BCUT2D eigenvalue weighted by atomic mass is 10.0. The molecule has 16 nitrogen and oxygen atoms in total. The number of primary amides is 1. The van der Waals surface area contributed by atoms with Crippen LogP contribution in [-0.2, 0) is 30.4 Å². The van der Waals surface area contributed by atoms with Crippen LogP contribution < -0.4 is 38.9 Å². The molecule has 4 atom stereocenters. The van der Waals surface area contributed by atoms with Gasteiger partial charge in [-0.05, 0) is 25.2 Å². The summed E-state index contributed by atoms with van der Waals surface area (Å²) in [6.07, 6.45) is 2.88. The zero-order chi connectivity index (χ0) is 28.8. The van der Waals surface area contributed by atoms with Gasteiger partial charge in [-0.15, -0.1) is 0 Å². The summed E-state index contributed by atoms with van der Waals surface area (Å²) in [7, 11) is 0. The molecule has 0 spiro atoms. The second-order valence-corrected chi connectivity index (χ2v) is 9.16. The number of nitrogens with zero attached hydrogens (tertiary/aromatic N) is 2. The van der Waals surface area contributed by atoms with E-state index in [1.165, 1.54) is 12.5 Å². The SMILES string of the molecule is CC(C)CC(NC(=O)C(CCCN=C(N)N)NC(=O)C(N)CC(N)=O)C(=O)NC(Cc1cnc[nH]1)C(=O)O. The lowest BCUT2D eigenvalue weighted by Gasteiger charge is -2.26. The highest BCUT2D eigenvalue weighted by Crippen LogP contribution is 2.09. The van der Waals surface area contributed by atoms with E-state index in [-0.39, 0.29) is 44.1 Å². The van der Waals surface area contributed by atoms with Gasteiger partial charge in [0.1, 0.15) is 18.1 Å². The van der Waals surface area contributed by atoms with Crippen molar-refractivity contribution in [1.29, 1.82) is 0 Å². The molecular formula is C22H38N10O6. The topological polar surface area (TPSA) is 287 Å². The first-order valence-corrected chi connectivity index (χ1v) is 12.0. The first-order valence-electron chi connectivity index (χ1n) is 12.0. The van der Waals surface area contributed by atoms with E-state index in [4.69, 9.17) is 22.9 Å². The number of aliphatic imine (C=N–C) groups is 1. The molecule has 16 heteroatoms. The number of carbonyl (C=O) groups is 5. The van der Waals surface area contributed by atoms with Crippen molar-refractivity contribution in [1.82, 2.24) is 25.9 Å². The molecule has 0 aromatic carbocycles. The Morgan fingerprint density at radius 2 is 1.61 bits per heavy atom. The van der Waals surface area contributed by atoms with Crippen molar-refractivity contribution >= 4 is 35.6 Å². The summed E-state index contributed by atoms with van der Waals surface area (Å²) in [5, 5.41) is 17.1. The van der Waals surface area contributed by atoms with Gasteiger partial charge in [-0.2, -0.15) is 0 Å². The zero-order valence-corrected chi connectivity index (χ0v) is 21.5. The van der Waals surface area contributed by atoms with Crippen LogP contribution in [0, 0.1) is 5.92 Å². The van der Waals surface area contributed by atoms with Crippen LogP contribution in [0.3, 0.4) is 0 Å². The van der Waals surface area contributed by atoms with Gasteiger partial charge in [0, 0.05) is 24.9 Å². The quantitative estimate of drug-likeness (QED) is 0.0543. The molecule has 38 heavy (non-hydrogen) atoms. The maximum atomic E-state index is 13.2. The van der Waals surface area contributed by atoms with Gasteiger partial charge in [-0.25, -0.2) is 9.78 Å². The third-order valence-electron chi connectivity index (χ3n) is 5.27. The van der Waals surface area contributed by atoms with Crippen LogP contribution in [0.4, 0.5) is 0 Å². The number of hydrogen-bond donors (Lipinski definition) is 9. The Morgan fingerprint density at radius 1 is 1.00 bits per heavy atom. The third kappa shape index (κ3) is 12.2. The lowest BCUT2D eigenvalue weighted by molar-refractivity contribution is -0.142. The van der Waals surface area contributed by atoms with Gasteiger partial charge < -0.3 is 49.0 Å². The molecule has 0 aliphatic rings. The number of carbonyl (C=O) groups excluding carboxylic acids is 4. The van der Waals surface area contributed by atoms with Gasteiger partial charge >= 0.3 is 5.97 Å². The van der Waals surface area contributed by atoms with Crippen LogP contribution in [0.5, 0.6) is 0 Å². The number of nitrogens with two attached hydrogens (primary N) is 4. The molecule has 0 bridgehead atoms. The molecule has 1 aromatic rings. The van der Waals surface area contributed by atoms with Crippen LogP contribution in [0.15, 0.2) is 17.5 Å². The van der Waals surface area contributed by atoms with E-state index >= 15 is 0 Å². The Labute approximate surface area is 219 Å². The van der Waals surface area contributed by atoms with Gasteiger partial charge in [-0.3, -0.25) is 24.2 Å². The molecule has 0 radical (unpaired) electrons. The fourth-order valence-corrected chi connectivity index (χ4v) is 3.42. The Bertz CT molecular complexity index is 977. The van der Waals surface area contributed by atoms with Crippen LogP contribution in [0.25, 0.3) is 0 Å². The normalized spacial score (nSPS) is 14.0. The Balaban J connectivity index is 3.02. The number of amides is 4. The van der Waals surface area contributed by atoms with Crippen LogP contribution in [-0.4, -0.2) is 81.3 Å². The number of carboxylic acid groups (broad SMARTS) is 1. The molecule has 1 heterocycles. The Kier molecular flexibility index (Phi) is 13.2. The summed E-state index contributed by atoms with van der Waals surface area (Å²) in [4.78, 5) is 72.0. The molecule has 0 aliphatic carbocycles. The molecule has 1 rings (SSSR count). The number of aromatic amines is 1. The van der Waals surface area contributed by atoms with E-state index in [0.717, 1.165) is 0 Å². The van der Waals surface area contributed by atoms with Gasteiger partial charge in [-0.1, -0.05) is 13.8 Å². The number of H-pyrrole nitrogens is 1. The van der Waals surface area contributed by atoms with Crippen molar-refractivity contribution in [3.8, 4) is 0 Å². The molecule has 0 saturated heterocycles. The molecule has 13 N–H and O–H groups in total. The fraction of sp³-hybridized carbons (Fsp3) is 0.591. The van der Waals surface area contributed by atoms with Crippen molar-refractivity contribution in [3.63, 3.8) is 0 Å². The van der Waals surface area contributed by atoms with Crippen molar-refractivity contribution in [2.45, 2.75) is 70.1 Å². The molecule has 0 aliphatic heterocycles. The van der Waals surface area contributed by atoms with E-state index in [2.05, 4.69) is 30.9 Å². The number of carboxylic acids is 1. The minimum Gasteiger partial charge on any atom is -0.480 e. The largest absolute Gasteiger partial charge is 0.480 e. The minimum atomic E-state index is -1.28. The summed E-state index contributed by atoms with van der Waals surface area (Å²) in [5.74, 6) is -4.48. The molecular weight excluding hydrogens is 500 g/mol. The number of guanidine groups is 1. The van der Waals surface area contributed by atoms with Crippen LogP contribution >= 0.6 is 0 Å². The van der Waals surface area contributed by atoms with Gasteiger partial charge in [0.25, 0.3) is 0 Å². The average Bonchev–Trinajstić information content (AvgIpc) is 3.32. The smallest absolute Gasteiger partial charge is 0.326 e. The number of aliphatic carboxylic acids is 1. The van der Waals surface area contributed by atoms with E-state index in [0.29, 0.717) is 5.69 Å². The van der Waals surface area contributed by atoms with Gasteiger partial charge in [0.2, 0.25) is 23.6 Å². The molecule has 1 aromatic heterocycles. The number of rotatable bonds is 17. The monoisotopic (exact) mass is 538 g/mol. The number of nitrogens with one attached hydrogen (secondary N) is 4. The maximum absolute atomic E-state index is 13.2. The highest BCUT2D eigenvalue weighted by Gasteiger charge is 2.31. The summed E-state index contributed by atoms with van der Waals surface area (Å²) in [6, 6.07) is -4.83. The summed E-state index contributed by atoms with van der Waals surface area (Å²) in [5.41, 5.74) is 21.9. The first-order chi connectivity index (χ1) is 17.8. The van der Waals surface area contributed by atoms with E-state index in [1.807, 2.05) is 13.8 Å². The standard InChI is InChI=1S/C22H38N10O6/c1-11(2)6-15(20(36)32-16(21(37)38)7-12-9-27-10-29-12)31-19(35)14(4-3-5-28-22(25)26)30-18(34)13(23)8-17(24)33/h9-11,13-16H,3-8,23H2,1-2H3,(H2,24,33)(H,27,29)(H,30,34)(H,31,35)(H,32,36)(H,37,38)(H4,25,26,28). The predicted octanol–water partition coefficient (Wildman–Crippen LogP) is -3.21. The number of hydrogen-bond acceptors (Lipinski definition) is 8. The van der Waals surface area contributed by atoms with Gasteiger partial charge in [0.05, 0.1) is 18.8 Å². The lowest BCUT2D eigenvalue weighted by Crippen LogP contribution is -2.57. The second-order valence-electron chi connectivity index (χ2n) is 9.16. The molecule has 212 valence electrons. The van der Waals surface area contributed by atoms with Crippen molar-refractivity contribution in [2.75, 3.05) is 6.54 Å². The summed E-state index contributed by atoms with van der Waals surface area (Å²) >= 11 is 0. The maximum Gasteiger partial charge on any atom is 0.326 e. The number of imidazole rings is 1.